The van der Waals surface area contributed by atoms with E-state index in [0.717, 1.165) is 69.0 Å². The average Bonchev–Trinajstić information content (AvgIpc) is 2.93. The largest absolute Gasteiger partial charge is 0.325 e. The molecule has 4 nitrogen and oxygen atoms in total. The molecule has 3 aromatic rings. The number of hydrogen-bond donors (Lipinski definition) is 2. The van der Waals surface area contributed by atoms with Crippen LogP contribution < -0.4 is 10.6 Å². The fourth-order valence-corrected chi connectivity index (χ4v) is 6.37. The van der Waals surface area contributed by atoms with Crippen LogP contribution in [0, 0.1) is 6.92 Å². The summed E-state index contributed by atoms with van der Waals surface area (Å²) in [6.45, 7) is 6.30. The molecule has 3 aromatic carbocycles. The highest BCUT2D eigenvalue weighted by Crippen LogP contribution is 2.33. The Bertz CT molecular complexity index is 1180. The normalized spacial score (nSPS) is 19.0. The number of halogens is 1. The molecule has 1 atom stereocenters. The average molecular weight is 534 g/mol. The van der Waals surface area contributed by atoms with Crippen molar-refractivity contribution in [1.29, 1.82) is 0 Å². The van der Waals surface area contributed by atoms with Gasteiger partial charge < -0.3 is 10.6 Å². The molecule has 0 aliphatic carbocycles. The Kier molecular flexibility index (Phi) is 8.88. The van der Waals surface area contributed by atoms with Gasteiger partial charge in [-0.2, -0.15) is 0 Å². The summed E-state index contributed by atoms with van der Waals surface area (Å²) < 4.78 is 0. The van der Waals surface area contributed by atoms with Crippen LogP contribution in [0.4, 0.5) is 5.69 Å². The van der Waals surface area contributed by atoms with Crippen molar-refractivity contribution in [2.24, 2.45) is 0 Å². The second-order valence-electron chi connectivity index (χ2n) is 10.3. The van der Waals surface area contributed by atoms with Crippen molar-refractivity contribution in [2.75, 3.05) is 25.0 Å². The Hall–Kier alpha value is -2.31. The van der Waals surface area contributed by atoms with Crippen molar-refractivity contribution in [3.05, 3.63) is 88.4 Å². The van der Waals surface area contributed by atoms with Crippen LogP contribution in [-0.4, -0.2) is 36.5 Å². The highest BCUT2D eigenvalue weighted by atomic mass is 35.5. The molecule has 6 heteroatoms. The molecule has 0 spiro atoms. The number of amides is 1. The number of rotatable bonds is 7. The number of aryl methyl sites for hydroxylation is 1. The maximum Gasteiger partial charge on any atom is 0.241 e. The van der Waals surface area contributed by atoms with Crippen molar-refractivity contribution in [3.8, 4) is 0 Å². The number of hydrogen-bond acceptors (Lipinski definition) is 4. The summed E-state index contributed by atoms with van der Waals surface area (Å²) in [5.41, 5.74) is 4.99. The van der Waals surface area contributed by atoms with Crippen LogP contribution in [-0.2, 0) is 11.3 Å². The first kappa shape index (κ1) is 26.3. The molecule has 0 aromatic heterocycles. The Balaban J connectivity index is 1.13. The molecule has 194 valence electrons. The predicted molar refractivity (Wildman–Crippen MR) is 155 cm³/mol. The summed E-state index contributed by atoms with van der Waals surface area (Å²) in [5.74, 6) is 0.640. The first-order valence-electron chi connectivity index (χ1n) is 13.4. The van der Waals surface area contributed by atoms with Gasteiger partial charge in [-0.15, -0.1) is 0 Å². The maximum absolute atomic E-state index is 12.7. The lowest BCUT2D eigenvalue weighted by atomic mass is 9.86. The van der Waals surface area contributed by atoms with Crippen LogP contribution >= 0.6 is 23.4 Å². The maximum atomic E-state index is 12.7. The van der Waals surface area contributed by atoms with Crippen LogP contribution in [0.1, 0.15) is 54.7 Å². The molecule has 2 aliphatic rings. The Morgan fingerprint density at radius 2 is 1.68 bits per heavy atom. The van der Waals surface area contributed by atoms with E-state index >= 15 is 0 Å². The molecule has 5 rings (SSSR count). The number of benzene rings is 3. The van der Waals surface area contributed by atoms with E-state index in [0.29, 0.717) is 5.92 Å². The molecule has 2 aliphatic heterocycles. The third-order valence-electron chi connectivity index (χ3n) is 7.58. The molecule has 2 N–H and O–H groups in total. The van der Waals surface area contributed by atoms with Gasteiger partial charge in [0, 0.05) is 27.0 Å². The second-order valence-corrected chi connectivity index (χ2v) is 11.9. The minimum atomic E-state index is -0.0631. The van der Waals surface area contributed by atoms with Crippen LogP contribution in [0.3, 0.4) is 0 Å². The number of piperidine rings is 2. The summed E-state index contributed by atoms with van der Waals surface area (Å²) in [5, 5.41) is 7.28. The van der Waals surface area contributed by atoms with Crippen molar-refractivity contribution in [3.63, 3.8) is 0 Å². The second kappa shape index (κ2) is 12.5. The zero-order valence-corrected chi connectivity index (χ0v) is 23.1. The van der Waals surface area contributed by atoms with Gasteiger partial charge in [-0.25, -0.2) is 0 Å². The number of anilines is 1. The van der Waals surface area contributed by atoms with Gasteiger partial charge in [-0.1, -0.05) is 48.0 Å². The van der Waals surface area contributed by atoms with Crippen LogP contribution in [0.2, 0.25) is 5.02 Å². The van der Waals surface area contributed by atoms with E-state index in [4.69, 9.17) is 11.6 Å². The van der Waals surface area contributed by atoms with Crippen molar-refractivity contribution in [1.82, 2.24) is 10.2 Å². The summed E-state index contributed by atoms with van der Waals surface area (Å²) in [6, 6.07) is 23.3. The quantitative estimate of drug-likeness (QED) is 0.335. The molecule has 0 saturated carbocycles. The minimum Gasteiger partial charge on any atom is -0.325 e. The zero-order valence-electron chi connectivity index (χ0n) is 21.5. The minimum absolute atomic E-state index is 0.0631. The molecule has 1 amide bonds. The summed E-state index contributed by atoms with van der Waals surface area (Å²) in [7, 11) is 0. The fourth-order valence-electron chi connectivity index (χ4n) is 5.42. The number of likely N-dealkylation sites (tertiary alicyclic amines) is 1. The van der Waals surface area contributed by atoms with Gasteiger partial charge in [0.1, 0.15) is 0 Å². The van der Waals surface area contributed by atoms with Gasteiger partial charge in [0.2, 0.25) is 5.91 Å². The molecule has 0 radical (unpaired) electrons. The first-order chi connectivity index (χ1) is 18.0. The van der Waals surface area contributed by atoms with Crippen LogP contribution in [0.5, 0.6) is 0 Å². The molecular weight excluding hydrogens is 498 g/mol. The van der Waals surface area contributed by atoms with E-state index in [1.807, 2.05) is 18.2 Å². The van der Waals surface area contributed by atoms with E-state index in [2.05, 4.69) is 71.0 Å². The van der Waals surface area contributed by atoms with Gasteiger partial charge in [-0.3, -0.25) is 9.69 Å². The number of carbonyl (C=O) groups excluding carboxylic acids is 1. The zero-order chi connectivity index (χ0) is 25.6. The molecule has 2 saturated heterocycles. The monoisotopic (exact) mass is 533 g/mol. The number of nitrogens with one attached hydrogen (secondary N) is 2. The smallest absolute Gasteiger partial charge is 0.241 e. The van der Waals surface area contributed by atoms with Gasteiger partial charge in [-0.05, 0) is 123 Å². The molecule has 37 heavy (non-hydrogen) atoms. The van der Waals surface area contributed by atoms with Gasteiger partial charge in [0.05, 0.1) is 6.04 Å². The molecular formula is C31H36ClN3OS. The summed E-state index contributed by atoms with van der Waals surface area (Å²) in [6.07, 6.45) is 5.49. The Morgan fingerprint density at radius 3 is 2.35 bits per heavy atom. The predicted octanol–water partition coefficient (Wildman–Crippen LogP) is 7.26. The first-order valence-corrected chi connectivity index (χ1v) is 14.6. The molecule has 2 heterocycles. The van der Waals surface area contributed by atoms with Crippen molar-refractivity contribution < 1.29 is 4.79 Å². The van der Waals surface area contributed by atoms with Crippen LogP contribution in [0.25, 0.3) is 0 Å². The van der Waals surface area contributed by atoms with E-state index in [9.17, 15) is 4.79 Å². The van der Waals surface area contributed by atoms with Crippen molar-refractivity contribution >= 4 is 35.0 Å². The number of nitrogens with zero attached hydrogens (tertiary/aromatic N) is 1. The fraction of sp³-hybridized carbons (Fsp3) is 0.387. The van der Waals surface area contributed by atoms with Crippen molar-refractivity contribution in [2.45, 2.75) is 67.3 Å². The highest BCUT2D eigenvalue weighted by molar-refractivity contribution is 7.99. The SMILES string of the molecule is Cc1ccc(NC(=O)[C@H]2CCCCN2)cc1C1CCN(Cc2ccc(Sc3ccc(Cl)cc3)cc2)CC1. The lowest BCUT2D eigenvalue weighted by Crippen LogP contribution is -2.43. The van der Waals surface area contributed by atoms with E-state index in [-0.39, 0.29) is 11.9 Å². The summed E-state index contributed by atoms with van der Waals surface area (Å²) in [4.78, 5) is 17.7. The lowest BCUT2D eigenvalue weighted by Gasteiger charge is -2.33. The number of carbonyl (C=O) groups is 1. The molecule has 0 bridgehead atoms. The van der Waals surface area contributed by atoms with Gasteiger partial charge >= 0.3 is 0 Å². The highest BCUT2D eigenvalue weighted by Gasteiger charge is 2.24. The summed E-state index contributed by atoms with van der Waals surface area (Å²) >= 11 is 7.76. The third-order valence-corrected chi connectivity index (χ3v) is 8.85. The topological polar surface area (TPSA) is 44.4 Å². The van der Waals surface area contributed by atoms with Gasteiger partial charge in [0.15, 0.2) is 0 Å². The van der Waals surface area contributed by atoms with Gasteiger partial charge in [0.25, 0.3) is 0 Å². The standard InChI is InChI=1S/C31H36ClN3OS/c1-22-5-10-26(34-31(36)30-4-2-3-17-33-30)20-29(22)24-15-18-35(19-16-24)21-23-6-11-27(12-7-23)37-28-13-8-25(32)9-14-28/h5-14,20,24,30,33H,2-4,15-19,21H2,1H3,(H,34,36)/t30-/m1/s1. The lowest BCUT2D eigenvalue weighted by molar-refractivity contribution is -0.118. The Morgan fingerprint density at radius 1 is 0.973 bits per heavy atom. The van der Waals surface area contributed by atoms with E-state index in [1.54, 1.807) is 11.8 Å². The van der Waals surface area contributed by atoms with E-state index < -0.39 is 0 Å². The molecule has 2 fully saturated rings. The molecule has 0 unspecified atom stereocenters. The third kappa shape index (κ3) is 7.17. The van der Waals surface area contributed by atoms with E-state index in [1.165, 1.54) is 26.5 Å². The Labute approximate surface area is 230 Å². The van der Waals surface area contributed by atoms with Crippen LogP contribution in [0.15, 0.2) is 76.5 Å².